The van der Waals surface area contributed by atoms with Crippen LogP contribution in [0.2, 0.25) is 0 Å². The van der Waals surface area contributed by atoms with E-state index in [1.807, 2.05) is 0 Å². The highest BCUT2D eigenvalue weighted by Gasteiger charge is 2.37. The summed E-state index contributed by atoms with van der Waals surface area (Å²) in [6.45, 7) is 0.0708. The van der Waals surface area contributed by atoms with Gasteiger partial charge < -0.3 is 10.4 Å². The molecule has 0 aromatic carbocycles. The number of carbonyl (C=O) groups excluding carboxylic acids is 1. The predicted octanol–water partition coefficient (Wildman–Crippen LogP) is 0.182. The third-order valence-corrected chi connectivity index (χ3v) is 3.23. The Morgan fingerprint density at radius 3 is 2.67 bits per heavy atom. The predicted molar refractivity (Wildman–Crippen MR) is 61.6 cm³/mol. The van der Waals surface area contributed by atoms with Crippen molar-refractivity contribution in [3.05, 3.63) is 12.7 Å². The van der Waals surface area contributed by atoms with Crippen LogP contribution in [0, 0.1) is 0 Å². The quantitative estimate of drug-likeness (QED) is 0.779. The molecule has 0 atom stereocenters. The van der Waals surface area contributed by atoms with E-state index < -0.39 is 11.5 Å². The van der Waals surface area contributed by atoms with Crippen LogP contribution in [0.3, 0.4) is 0 Å². The summed E-state index contributed by atoms with van der Waals surface area (Å²) >= 11 is 0. The van der Waals surface area contributed by atoms with Gasteiger partial charge in [0.1, 0.15) is 19.2 Å². The maximum absolute atomic E-state index is 11.9. The number of rotatable bonds is 5. The Morgan fingerprint density at radius 2 is 2.11 bits per heavy atom. The molecule has 0 saturated heterocycles. The van der Waals surface area contributed by atoms with Crippen LogP contribution >= 0.6 is 0 Å². The molecule has 1 aliphatic rings. The van der Waals surface area contributed by atoms with Crippen LogP contribution in [0.25, 0.3) is 0 Å². The molecular weight excluding hydrogens is 236 g/mol. The van der Waals surface area contributed by atoms with Crippen LogP contribution in [-0.4, -0.2) is 37.3 Å². The highest BCUT2D eigenvalue weighted by molar-refractivity contribution is 5.78. The van der Waals surface area contributed by atoms with E-state index in [1.54, 1.807) is 0 Å². The van der Waals surface area contributed by atoms with Gasteiger partial charge in [-0.3, -0.25) is 9.59 Å². The molecule has 2 rings (SSSR count). The number of amides is 1. The molecular formula is C11H16N4O3. The van der Waals surface area contributed by atoms with E-state index in [0.29, 0.717) is 0 Å². The Bertz CT molecular complexity index is 424. The molecule has 1 saturated carbocycles. The highest BCUT2D eigenvalue weighted by atomic mass is 16.4. The van der Waals surface area contributed by atoms with Crippen LogP contribution in [0.5, 0.6) is 0 Å². The molecule has 1 aliphatic carbocycles. The van der Waals surface area contributed by atoms with E-state index >= 15 is 0 Å². The molecule has 2 N–H and O–H groups in total. The summed E-state index contributed by atoms with van der Waals surface area (Å²) in [5, 5.41) is 15.6. The first-order chi connectivity index (χ1) is 8.60. The second-order valence-electron chi connectivity index (χ2n) is 4.70. The zero-order valence-corrected chi connectivity index (χ0v) is 10.0. The van der Waals surface area contributed by atoms with Crippen molar-refractivity contribution in [2.45, 2.75) is 44.2 Å². The van der Waals surface area contributed by atoms with Crippen LogP contribution in [0.1, 0.15) is 32.1 Å². The van der Waals surface area contributed by atoms with Gasteiger partial charge in [0.05, 0.1) is 12.0 Å². The van der Waals surface area contributed by atoms with Gasteiger partial charge >= 0.3 is 5.97 Å². The lowest BCUT2D eigenvalue weighted by Gasteiger charge is -2.28. The summed E-state index contributed by atoms with van der Waals surface area (Å²) in [7, 11) is 0. The maximum Gasteiger partial charge on any atom is 0.305 e. The SMILES string of the molecule is O=C(O)CC1(NC(=O)Cn2cncn2)CCCC1. The molecule has 1 fully saturated rings. The number of nitrogens with one attached hydrogen (secondary N) is 1. The van der Waals surface area contributed by atoms with Gasteiger partial charge in [-0.2, -0.15) is 5.10 Å². The number of aromatic nitrogens is 3. The van der Waals surface area contributed by atoms with Crippen LogP contribution in [0.4, 0.5) is 0 Å². The fourth-order valence-corrected chi connectivity index (χ4v) is 2.48. The zero-order valence-electron chi connectivity index (χ0n) is 10.0. The molecule has 0 spiro atoms. The Kier molecular flexibility index (Phi) is 3.59. The standard InChI is InChI=1S/C11H16N4O3/c16-9(6-15-8-12-7-13-15)14-11(5-10(17)18)3-1-2-4-11/h7-8H,1-6H2,(H,14,16)(H,17,18). The highest BCUT2D eigenvalue weighted by Crippen LogP contribution is 2.32. The Balaban J connectivity index is 1.96. The molecule has 1 aromatic heterocycles. The molecule has 7 nitrogen and oxygen atoms in total. The summed E-state index contributed by atoms with van der Waals surface area (Å²) in [4.78, 5) is 26.5. The topological polar surface area (TPSA) is 97.1 Å². The number of carboxylic acid groups (broad SMARTS) is 1. The fraction of sp³-hybridized carbons (Fsp3) is 0.636. The van der Waals surface area contributed by atoms with E-state index in [0.717, 1.165) is 25.7 Å². The van der Waals surface area contributed by atoms with Gasteiger partial charge in [-0.05, 0) is 12.8 Å². The van der Waals surface area contributed by atoms with E-state index in [9.17, 15) is 9.59 Å². The summed E-state index contributed by atoms with van der Waals surface area (Å²) in [6.07, 6.45) is 6.16. The lowest BCUT2D eigenvalue weighted by Crippen LogP contribution is -2.48. The summed E-state index contributed by atoms with van der Waals surface area (Å²) in [5.74, 6) is -1.10. The van der Waals surface area contributed by atoms with Crippen molar-refractivity contribution in [3.8, 4) is 0 Å². The normalized spacial score (nSPS) is 17.6. The van der Waals surface area contributed by atoms with Gasteiger partial charge in [-0.25, -0.2) is 9.67 Å². The zero-order chi connectivity index (χ0) is 13.0. The Hall–Kier alpha value is -1.92. The fourth-order valence-electron chi connectivity index (χ4n) is 2.48. The summed E-state index contributed by atoms with van der Waals surface area (Å²) in [5.41, 5.74) is -0.580. The summed E-state index contributed by atoms with van der Waals surface area (Å²) < 4.78 is 1.42. The molecule has 18 heavy (non-hydrogen) atoms. The minimum atomic E-state index is -0.877. The minimum absolute atomic E-state index is 0.0178. The van der Waals surface area contributed by atoms with Gasteiger partial charge in [-0.1, -0.05) is 12.8 Å². The van der Waals surface area contributed by atoms with Gasteiger partial charge in [-0.15, -0.1) is 0 Å². The second kappa shape index (κ2) is 5.16. The Labute approximate surface area is 104 Å². The average Bonchev–Trinajstić information content (AvgIpc) is 2.89. The summed E-state index contributed by atoms with van der Waals surface area (Å²) in [6, 6.07) is 0. The third kappa shape index (κ3) is 3.06. The van der Waals surface area contributed by atoms with Gasteiger partial charge in [0.2, 0.25) is 5.91 Å². The largest absolute Gasteiger partial charge is 0.481 e. The van der Waals surface area contributed by atoms with Crippen molar-refractivity contribution >= 4 is 11.9 Å². The van der Waals surface area contributed by atoms with E-state index in [2.05, 4.69) is 15.4 Å². The van der Waals surface area contributed by atoms with Crippen molar-refractivity contribution in [3.63, 3.8) is 0 Å². The smallest absolute Gasteiger partial charge is 0.305 e. The van der Waals surface area contributed by atoms with E-state index in [4.69, 9.17) is 5.11 Å². The van der Waals surface area contributed by atoms with E-state index in [-0.39, 0.29) is 18.9 Å². The number of hydrogen-bond donors (Lipinski definition) is 2. The number of hydrogen-bond acceptors (Lipinski definition) is 4. The maximum atomic E-state index is 11.9. The number of nitrogens with zero attached hydrogens (tertiary/aromatic N) is 3. The average molecular weight is 252 g/mol. The molecule has 98 valence electrons. The lowest BCUT2D eigenvalue weighted by atomic mass is 9.93. The molecule has 1 heterocycles. The first kappa shape index (κ1) is 12.5. The molecule has 0 unspecified atom stereocenters. The van der Waals surface area contributed by atoms with E-state index in [1.165, 1.54) is 17.3 Å². The van der Waals surface area contributed by atoms with Crippen molar-refractivity contribution < 1.29 is 14.7 Å². The minimum Gasteiger partial charge on any atom is -0.481 e. The molecule has 0 aliphatic heterocycles. The van der Waals surface area contributed by atoms with Crippen molar-refractivity contribution in [2.24, 2.45) is 0 Å². The van der Waals surface area contributed by atoms with Crippen molar-refractivity contribution in [1.82, 2.24) is 20.1 Å². The first-order valence-corrected chi connectivity index (χ1v) is 5.95. The monoisotopic (exact) mass is 252 g/mol. The second-order valence-corrected chi connectivity index (χ2v) is 4.70. The van der Waals surface area contributed by atoms with Crippen LogP contribution in [-0.2, 0) is 16.1 Å². The molecule has 1 amide bonds. The molecule has 7 heteroatoms. The third-order valence-electron chi connectivity index (χ3n) is 3.23. The first-order valence-electron chi connectivity index (χ1n) is 5.95. The van der Waals surface area contributed by atoms with Crippen LogP contribution < -0.4 is 5.32 Å². The number of carboxylic acids is 1. The van der Waals surface area contributed by atoms with Crippen molar-refractivity contribution in [2.75, 3.05) is 0 Å². The number of aliphatic carboxylic acids is 1. The molecule has 1 aromatic rings. The van der Waals surface area contributed by atoms with Gasteiger partial charge in [0.25, 0.3) is 0 Å². The number of carbonyl (C=O) groups is 2. The van der Waals surface area contributed by atoms with Gasteiger partial charge in [0, 0.05) is 0 Å². The molecule has 0 bridgehead atoms. The lowest BCUT2D eigenvalue weighted by molar-refractivity contribution is -0.139. The van der Waals surface area contributed by atoms with Crippen LogP contribution in [0.15, 0.2) is 12.7 Å². The molecule has 0 radical (unpaired) electrons. The van der Waals surface area contributed by atoms with Gasteiger partial charge in [0.15, 0.2) is 0 Å². The Morgan fingerprint density at radius 1 is 1.39 bits per heavy atom. The van der Waals surface area contributed by atoms with Crippen molar-refractivity contribution in [1.29, 1.82) is 0 Å².